The third-order valence-electron chi connectivity index (χ3n) is 8.71. The Morgan fingerprint density at radius 2 is 1.77 bits per heavy atom. The number of allylic oxidation sites excluding steroid dienone is 1. The Hall–Kier alpha value is -0.460. The summed E-state index contributed by atoms with van der Waals surface area (Å²) in [6.07, 6.45) is 12.2. The quantitative estimate of drug-likeness (QED) is 0.345. The van der Waals surface area contributed by atoms with Gasteiger partial charge in [-0.25, -0.2) is 0 Å². The molecule has 148 valence electrons. The highest BCUT2D eigenvalue weighted by molar-refractivity contribution is 5.17. The molecule has 26 heavy (non-hydrogen) atoms. The molecule has 0 aromatic rings. The number of fused-ring (bicyclic) bond motifs is 9. The molecular weight excluding hydrogens is 316 g/mol. The first-order valence-corrected chi connectivity index (χ1v) is 11.7. The molecule has 4 saturated carbocycles. The predicted octanol–water partition coefficient (Wildman–Crippen LogP) is 7.22. The second-order valence-electron chi connectivity index (χ2n) is 11.5. The fraction of sp³-hybridized carbons (Fsp3) is 0.920. The minimum atomic E-state index is 0.132. The van der Waals surface area contributed by atoms with Crippen LogP contribution in [0.25, 0.3) is 0 Å². The fourth-order valence-electron chi connectivity index (χ4n) is 8.15. The van der Waals surface area contributed by atoms with Gasteiger partial charge in [0, 0.05) is 11.8 Å². The van der Waals surface area contributed by atoms with Crippen molar-refractivity contribution >= 4 is 0 Å². The van der Waals surface area contributed by atoms with Crippen LogP contribution in [0.5, 0.6) is 0 Å². The second-order valence-corrected chi connectivity index (χ2v) is 11.5. The lowest BCUT2D eigenvalue weighted by molar-refractivity contribution is -0.0993. The van der Waals surface area contributed by atoms with Gasteiger partial charge in [-0.2, -0.15) is 0 Å². The Labute approximate surface area is 162 Å². The van der Waals surface area contributed by atoms with E-state index in [4.69, 9.17) is 4.74 Å². The minimum absolute atomic E-state index is 0.132. The predicted molar refractivity (Wildman–Crippen MR) is 110 cm³/mol. The van der Waals surface area contributed by atoms with Crippen molar-refractivity contribution in [1.29, 1.82) is 0 Å². The Morgan fingerprint density at radius 3 is 2.38 bits per heavy atom. The first-order valence-electron chi connectivity index (χ1n) is 11.7. The van der Waals surface area contributed by atoms with Gasteiger partial charge in [0.2, 0.25) is 0 Å². The zero-order chi connectivity index (χ0) is 18.7. The van der Waals surface area contributed by atoms with Gasteiger partial charge in [-0.05, 0) is 86.4 Å². The van der Waals surface area contributed by atoms with Crippen molar-refractivity contribution in [2.45, 2.75) is 98.0 Å². The molecule has 8 atom stereocenters. The number of rotatable bonds is 7. The van der Waals surface area contributed by atoms with E-state index >= 15 is 0 Å². The first-order chi connectivity index (χ1) is 12.3. The van der Waals surface area contributed by atoms with Crippen molar-refractivity contribution in [2.75, 3.05) is 0 Å². The highest BCUT2D eigenvalue weighted by Crippen LogP contribution is 2.71. The molecule has 1 nitrogen and oxygen atoms in total. The van der Waals surface area contributed by atoms with E-state index in [2.05, 4.69) is 41.2 Å². The maximum Gasteiger partial charge on any atom is 0.112 e. The molecule has 4 bridgehead atoms. The van der Waals surface area contributed by atoms with Crippen molar-refractivity contribution in [2.24, 2.45) is 46.8 Å². The molecule has 0 heterocycles. The summed E-state index contributed by atoms with van der Waals surface area (Å²) in [4.78, 5) is 0. The van der Waals surface area contributed by atoms with E-state index in [1.165, 1.54) is 44.9 Å². The van der Waals surface area contributed by atoms with Gasteiger partial charge in [-0.3, -0.25) is 0 Å². The Bertz CT molecular complexity index is 543. The smallest absolute Gasteiger partial charge is 0.112 e. The molecule has 4 fully saturated rings. The van der Waals surface area contributed by atoms with Gasteiger partial charge in [-0.1, -0.05) is 47.6 Å². The molecule has 0 saturated heterocycles. The van der Waals surface area contributed by atoms with Crippen molar-refractivity contribution in [3.8, 4) is 0 Å². The van der Waals surface area contributed by atoms with Crippen LogP contribution in [0.1, 0.15) is 92.4 Å². The van der Waals surface area contributed by atoms with E-state index in [0.717, 1.165) is 47.7 Å². The molecule has 0 aromatic heterocycles. The maximum atomic E-state index is 6.99. The Balaban J connectivity index is 1.52. The van der Waals surface area contributed by atoms with Crippen LogP contribution in [0.4, 0.5) is 0 Å². The van der Waals surface area contributed by atoms with Crippen LogP contribution in [0.2, 0.25) is 0 Å². The molecule has 0 aromatic carbocycles. The minimum Gasteiger partial charge on any atom is -0.492 e. The van der Waals surface area contributed by atoms with Crippen LogP contribution < -0.4 is 0 Å². The maximum absolute atomic E-state index is 6.99. The number of hydrogen-bond donors (Lipinski definition) is 0. The lowest BCUT2D eigenvalue weighted by Gasteiger charge is -2.47. The van der Waals surface area contributed by atoms with E-state index < -0.39 is 0 Å². The number of hydrogen-bond acceptors (Lipinski definition) is 1. The summed E-state index contributed by atoms with van der Waals surface area (Å²) < 4.78 is 6.99. The van der Waals surface area contributed by atoms with Gasteiger partial charge in [0.25, 0.3) is 0 Å². The van der Waals surface area contributed by atoms with Crippen molar-refractivity contribution in [1.82, 2.24) is 0 Å². The monoisotopic (exact) mass is 358 g/mol. The highest BCUT2D eigenvalue weighted by Gasteiger charge is 2.67. The molecular formula is C25H42O. The summed E-state index contributed by atoms with van der Waals surface area (Å²) in [7, 11) is 0. The average molecular weight is 359 g/mol. The molecule has 4 aliphatic carbocycles. The van der Waals surface area contributed by atoms with Crippen molar-refractivity contribution < 1.29 is 4.74 Å². The van der Waals surface area contributed by atoms with Crippen molar-refractivity contribution in [3.63, 3.8) is 0 Å². The zero-order valence-electron chi connectivity index (χ0n) is 18.0. The normalized spacial score (nSPS) is 44.3. The van der Waals surface area contributed by atoms with Crippen LogP contribution in [0.15, 0.2) is 12.3 Å². The summed E-state index contributed by atoms with van der Waals surface area (Å²) in [6, 6.07) is 0. The fourth-order valence-corrected chi connectivity index (χ4v) is 8.15. The van der Waals surface area contributed by atoms with Gasteiger partial charge < -0.3 is 4.74 Å². The largest absolute Gasteiger partial charge is 0.492 e. The van der Waals surface area contributed by atoms with E-state index in [1.54, 1.807) is 6.42 Å². The zero-order valence-corrected chi connectivity index (χ0v) is 18.0. The van der Waals surface area contributed by atoms with Gasteiger partial charge in [0.15, 0.2) is 0 Å². The average Bonchev–Trinajstić information content (AvgIpc) is 3.29. The lowest BCUT2D eigenvalue weighted by atomic mass is 9.64. The van der Waals surface area contributed by atoms with Crippen molar-refractivity contribution in [3.05, 3.63) is 12.3 Å². The van der Waals surface area contributed by atoms with Gasteiger partial charge >= 0.3 is 0 Å². The van der Waals surface area contributed by atoms with E-state index in [-0.39, 0.29) is 5.60 Å². The molecule has 0 spiro atoms. The van der Waals surface area contributed by atoms with Crippen LogP contribution in [-0.2, 0) is 4.74 Å². The standard InChI is InChI=1S/C25H42O/c1-7-11-25(26-16(3)17(8-2)14-24(4,5)6)15-20-13-21(25)23-19-10-9-18(12-19)22(20)23/h17-23H,3,7-15H2,1-2,4-6H3. The molecule has 1 heteroatoms. The second kappa shape index (κ2) is 6.56. The van der Waals surface area contributed by atoms with E-state index in [1.807, 2.05) is 0 Å². The number of ether oxygens (including phenoxy) is 1. The van der Waals surface area contributed by atoms with Crippen LogP contribution in [0, 0.1) is 46.8 Å². The van der Waals surface area contributed by atoms with Crippen LogP contribution in [0.3, 0.4) is 0 Å². The SMILES string of the molecule is C=C(OC1(CCC)CC2CC1C1C3CCC(C3)C21)C(CC)CC(C)(C)C. The van der Waals surface area contributed by atoms with Gasteiger partial charge in [0.1, 0.15) is 5.60 Å². The van der Waals surface area contributed by atoms with E-state index in [0.29, 0.717) is 11.3 Å². The summed E-state index contributed by atoms with van der Waals surface area (Å²) >= 11 is 0. The molecule has 0 N–H and O–H groups in total. The third kappa shape index (κ3) is 2.96. The molecule has 8 unspecified atom stereocenters. The Kier molecular flexibility index (Phi) is 4.76. The summed E-state index contributed by atoms with van der Waals surface area (Å²) in [6.45, 7) is 16.2. The molecule has 4 rings (SSSR count). The lowest BCUT2D eigenvalue weighted by Crippen LogP contribution is -2.47. The molecule has 0 radical (unpaired) electrons. The van der Waals surface area contributed by atoms with Crippen LogP contribution >= 0.6 is 0 Å². The van der Waals surface area contributed by atoms with Crippen LogP contribution in [-0.4, -0.2) is 5.60 Å². The molecule has 4 aliphatic rings. The third-order valence-corrected chi connectivity index (χ3v) is 8.71. The highest BCUT2D eigenvalue weighted by atomic mass is 16.5. The van der Waals surface area contributed by atoms with Gasteiger partial charge in [-0.15, -0.1) is 0 Å². The summed E-state index contributed by atoms with van der Waals surface area (Å²) in [5.41, 5.74) is 0.475. The summed E-state index contributed by atoms with van der Waals surface area (Å²) in [5, 5.41) is 0. The molecule has 0 amide bonds. The molecule has 0 aliphatic heterocycles. The first kappa shape index (κ1) is 18.9. The Morgan fingerprint density at radius 1 is 1.08 bits per heavy atom. The van der Waals surface area contributed by atoms with Gasteiger partial charge in [0.05, 0.1) is 5.76 Å². The topological polar surface area (TPSA) is 9.23 Å². The van der Waals surface area contributed by atoms with E-state index in [9.17, 15) is 0 Å². The summed E-state index contributed by atoms with van der Waals surface area (Å²) in [5.74, 6) is 7.59.